The van der Waals surface area contributed by atoms with Gasteiger partial charge in [-0.25, -0.2) is 18.0 Å². The molecular weight excluding hydrogens is 664 g/mol. The van der Waals surface area contributed by atoms with Crippen LogP contribution >= 0.6 is 0 Å². The molecule has 0 aliphatic carbocycles. The summed E-state index contributed by atoms with van der Waals surface area (Å²) in [5, 5.41) is 38.6. The summed E-state index contributed by atoms with van der Waals surface area (Å²) in [5.74, 6) is -5.64. The Morgan fingerprint density at radius 1 is 0.792 bits per heavy atom. The van der Waals surface area contributed by atoms with Crippen LogP contribution in [0.1, 0.15) is 64.1 Å². The SMILES string of the molecule is CC(=O)CCC(NC(=O)CCC(NC(=O)COCCOCCNC(=O)CCCS(=O)(=O)NC(=O)CCCc1nn[nH]n1)C(=O)O)C(=O)O. The monoisotopic (exact) mass is 706 g/mol. The zero-order valence-electron chi connectivity index (χ0n) is 26.4. The minimum Gasteiger partial charge on any atom is -0.480 e. The molecule has 4 amide bonds. The number of ether oxygens (including phenoxy) is 2. The fourth-order valence-corrected chi connectivity index (χ4v) is 4.85. The van der Waals surface area contributed by atoms with Gasteiger partial charge in [0.05, 0.1) is 25.6 Å². The van der Waals surface area contributed by atoms with Gasteiger partial charge in [0.15, 0.2) is 5.82 Å². The summed E-state index contributed by atoms with van der Waals surface area (Å²) >= 11 is 0. The fraction of sp³-hybridized carbons (Fsp3) is 0.692. The Kier molecular flexibility index (Phi) is 19.8. The van der Waals surface area contributed by atoms with Crippen molar-refractivity contribution in [2.24, 2.45) is 0 Å². The Hall–Kier alpha value is -4.57. The Balaban J connectivity index is 2.14. The van der Waals surface area contributed by atoms with Crippen LogP contribution in [-0.2, 0) is 59.5 Å². The lowest BCUT2D eigenvalue weighted by Crippen LogP contribution is -2.45. The minimum absolute atomic E-state index is 0.0165. The first kappa shape index (κ1) is 41.5. The fourth-order valence-electron chi connectivity index (χ4n) is 3.77. The van der Waals surface area contributed by atoms with Crippen molar-refractivity contribution in [1.82, 2.24) is 41.3 Å². The molecule has 0 saturated carbocycles. The van der Waals surface area contributed by atoms with Crippen LogP contribution in [0.3, 0.4) is 0 Å². The van der Waals surface area contributed by atoms with Crippen molar-refractivity contribution < 1.29 is 61.7 Å². The molecular formula is C26H42N8O13S. The first-order valence-corrected chi connectivity index (χ1v) is 16.5. The molecule has 2 unspecified atom stereocenters. The largest absolute Gasteiger partial charge is 0.480 e. The van der Waals surface area contributed by atoms with Crippen molar-refractivity contribution in [1.29, 1.82) is 0 Å². The van der Waals surface area contributed by atoms with E-state index in [0.29, 0.717) is 18.7 Å². The highest BCUT2D eigenvalue weighted by molar-refractivity contribution is 7.90. The number of ketones is 1. The van der Waals surface area contributed by atoms with E-state index in [0.717, 1.165) is 0 Å². The molecule has 0 aliphatic heterocycles. The molecule has 0 radical (unpaired) electrons. The maximum Gasteiger partial charge on any atom is 0.326 e. The number of rotatable bonds is 27. The van der Waals surface area contributed by atoms with Crippen LogP contribution in [0.2, 0.25) is 0 Å². The van der Waals surface area contributed by atoms with Gasteiger partial charge in [-0.3, -0.25) is 23.9 Å². The number of carboxylic acids is 2. The summed E-state index contributed by atoms with van der Waals surface area (Å²) in [7, 11) is -3.90. The topological polar surface area (TPSA) is 315 Å². The van der Waals surface area contributed by atoms with Gasteiger partial charge in [0.25, 0.3) is 0 Å². The number of hydrogen-bond acceptors (Lipinski definition) is 14. The quantitative estimate of drug-likeness (QED) is 0.0454. The van der Waals surface area contributed by atoms with E-state index in [-0.39, 0.29) is 70.7 Å². The molecule has 270 valence electrons. The van der Waals surface area contributed by atoms with Crippen LogP contribution in [0.5, 0.6) is 0 Å². The number of nitrogens with one attached hydrogen (secondary N) is 5. The average Bonchev–Trinajstić information content (AvgIpc) is 3.51. The second-order valence-electron chi connectivity index (χ2n) is 10.3. The van der Waals surface area contributed by atoms with Crippen LogP contribution in [-0.4, -0.2) is 131 Å². The Bertz CT molecular complexity index is 1320. The number of carbonyl (C=O) groups is 7. The number of aryl methyl sites for hydroxylation is 1. The molecule has 1 aromatic heterocycles. The second-order valence-corrected chi connectivity index (χ2v) is 12.2. The number of carbonyl (C=O) groups excluding carboxylic acids is 5. The number of carboxylic acid groups (broad SMARTS) is 2. The van der Waals surface area contributed by atoms with Crippen LogP contribution < -0.4 is 20.7 Å². The van der Waals surface area contributed by atoms with E-state index in [1.54, 1.807) is 0 Å². The smallest absolute Gasteiger partial charge is 0.326 e. The molecule has 0 aromatic carbocycles. The van der Waals surface area contributed by atoms with E-state index < -0.39 is 76.5 Å². The molecule has 2 atom stereocenters. The number of aromatic amines is 1. The van der Waals surface area contributed by atoms with Crippen molar-refractivity contribution in [3.05, 3.63) is 5.82 Å². The molecule has 0 aliphatic rings. The van der Waals surface area contributed by atoms with Crippen LogP contribution in [0.25, 0.3) is 0 Å². The van der Waals surface area contributed by atoms with Crippen molar-refractivity contribution >= 4 is 51.4 Å². The number of hydrogen-bond donors (Lipinski definition) is 7. The predicted octanol–water partition coefficient (Wildman–Crippen LogP) is -2.81. The van der Waals surface area contributed by atoms with Crippen molar-refractivity contribution in [2.45, 2.75) is 76.8 Å². The number of Topliss-reactive ketones (excluding diaryl/α,β-unsaturated/α-hetero) is 1. The molecule has 48 heavy (non-hydrogen) atoms. The van der Waals surface area contributed by atoms with E-state index in [4.69, 9.17) is 14.6 Å². The summed E-state index contributed by atoms with van der Waals surface area (Å²) < 4.78 is 36.4. The third-order valence-electron chi connectivity index (χ3n) is 6.17. The third-order valence-corrected chi connectivity index (χ3v) is 7.53. The molecule has 0 fully saturated rings. The van der Waals surface area contributed by atoms with Gasteiger partial charge < -0.3 is 40.4 Å². The van der Waals surface area contributed by atoms with Gasteiger partial charge in [-0.1, -0.05) is 5.21 Å². The van der Waals surface area contributed by atoms with Gasteiger partial charge in [0.2, 0.25) is 33.7 Å². The summed E-state index contributed by atoms with van der Waals surface area (Å²) in [4.78, 5) is 81.7. The number of H-pyrrole nitrogens is 1. The highest BCUT2D eigenvalue weighted by Crippen LogP contribution is 2.04. The van der Waals surface area contributed by atoms with Gasteiger partial charge >= 0.3 is 11.9 Å². The number of tetrazole rings is 1. The number of amides is 4. The maximum absolute atomic E-state index is 12.1. The third kappa shape index (κ3) is 20.5. The molecule has 1 rings (SSSR count). The Morgan fingerprint density at radius 2 is 1.42 bits per heavy atom. The Morgan fingerprint density at radius 3 is 2.04 bits per heavy atom. The highest BCUT2D eigenvalue weighted by atomic mass is 32.2. The first-order valence-electron chi connectivity index (χ1n) is 14.9. The normalized spacial score (nSPS) is 12.4. The van der Waals surface area contributed by atoms with Crippen LogP contribution in [0.4, 0.5) is 0 Å². The lowest BCUT2D eigenvalue weighted by molar-refractivity contribution is -0.144. The summed E-state index contributed by atoms with van der Waals surface area (Å²) in [5.41, 5.74) is 0. The summed E-state index contributed by atoms with van der Waals surface area (Å²) in [6.45, 7) is 0.959. The van der Waals surface area contributed by atoms with Crippen molar-refractivity contribution in [2.75, 3.05) is 38.7 Å². The standard InChI is InChI=1S/C26H42N8O13S/c1-17(35)7-8-18(25(40)41)28-22(37)10-9-19(26(42)43)29-24(39)16-47-14-13-46-12-11-27-21(36)6-3-15-48(44,45)32-23(38)5-2-4-20-30-33-34-31-20/h18-19H,2-16H2,1H3,(H,27,36)(H,28,37)(H,29,39)(H,32,38)(H,40,41)(H,42,43)(H,30,31,33,34). The molecule has 1 aromatic rings. The van der Waals surface area contributed by atoms with Gasteiger partial charge in [-0.05, 0) is 32.6 Å². The second kappa shape index (κ2) is 22.9. The van der Waals surface area contributed by atoms with E-state index in [1.165, 1.54) is 6.92 Å². The maximum atomic E-state index is 12.1. The Labute approximate surface area is 275 Å². The molecule has 0 saturated heterocycles. The number of aromatic nitrogens is 4. The van der Waals surface area contributed by atoms with E-state index >= 15 is 0 Å². The molecule has 0 spiro atoms. The van der Waals surface area contributed by atoms with E-state index in [2.05, 4.69) is 36.6 Å². The summed E-state index contributed by atoms with van der Waals surface area (Å²) in [6, 6.07) is -2.75. The van der Waals surface area contributed by atoms with Crippen LogP contribution in [0, 0.1) is 0 Å². The number of aliphatic carboxylic acids is 2. The van der Waals surface area contributed by atoms with E-state index in [1.807, 2.05) is 4.72 Å². The molecule has 0 bridgehead atoms. The molecule has 7 N–H and O–H groups in total. The van der Waals surface area contributed by atoms with Crippen LogP contribution in [0.15, 0.2) is 0 Å². The van der Waals surface area contributed by atoms with Gasteiger partial charge in [-0.2, -0.15) is 5.21 Å². The first-order chi connectivity index (χ1) is 22.7. The molecule has 21 nitrogen and oxygen atoms in total. The van der Waals surface area contributed by atoms with Gasteiger partial charge in [0, 0.05) is 38.6 Å². The zero-order valence-corrected chi connectivity index (χ0v) is 27.2. The lowest BCUT2D eigenvalue weighted by atomic mass is 10.1. The molecule has 22 heteroatoms. The molecule has 1 heterocycles. The number of sulfonamides is 1. The minimum atomic E-state index is -3.90. The van der Waals surface area contributed by atoms with Crippen molar-refractivity contribution in [3.8, 4) is 0 Å². The van der Waals surface area contributed by atoms with Gasteiger partial charge in [0.1, 0.15) is 24.5 Å². The predicted molar refractivity (Wildman–Crippen MR) is 161 cm³/mol. The zero-order chi connectivity index (χ0) is 36.0. The number of nitrogens with zero attached hydrogens (tertiary/aromatic N) is 3. The lowest BCUT2D eigenvalue weighted by Gasteiger charge is -2.16. The average molecular weight is 707 g/mol. The van der Waals surface area contributed by atoms with E-state index in [9.17, 15) is 47.1 Å². The van der Waals surface area contributed by atoms with Gasteiger partial charge in [-0.15, -0.1) is 10.2 Å². The van der Waals surface area contributed by atoms with Crippen molar-refractivity contribution in [3.63, 3.8) is 0 Å². The highest BCUT2D eigenvalue weighted by Gasteiger charge is 2.24. The summed E-state index contributed by atoms with van der Waals surface area (Å²) in [6.07, 6.45) is -0.374.